The third kappa shape index (κ3) is 2.74. The number of halogens is 1. The van der Waals surface area contributed by atoms with Crippen LogP contribution >= 0.6 is 0 Å². The van der Waals surface area contributed by atoms with Gasteiger partial charge in [0.25, 0.3) is 0 Å². The standard InChI is InChI=1S/C15H18FN5/c1-11-14(16)15(19-10-18-11)21-7-5-20(6-8-21)13-4-2-3-12(17)9-13/h2-4,9-10H,5-8,17H2,1H3. The molecule has 110 valence electrons. The lowest BCUT2D eigenvalue weighted by Crippen LogP contribution is -2.47. The number of piperazine rings is 1. The van der Waals surface area contributed by atoms with Crippen molar-refractivity contribution in [1.82, 2.24) is 9.97 Å². The molecule has 1 aromatic carbocycles. The number of aromatic nitrogens is 2. The van der Waals surface area contributed by atoms with Crippen molar-refractivity contribution in [3.05, 3.63) is 42.1 Å². The Labute approximate surface area is 123 Å². The van der Waals surface area contributed by atoms with E-state index in [0.717, 1.165) is 37.6 Å². The highest BCUT2D eigenvalue weighted by Crippen LogP contribution is 2.22. The molecule has 0 radical (unpaired) electrons. The fourth-order valence-corrected chi connectivity index (χ4v) is 2.56. The van der Waals surface area contributed by atoms with E-state index in [-0.39, 0.29) is 5.82 Å². The Bertz CT molecular complexity index is 638. The van der Waals surface area contributed by atoms with Crippen LogP contribution in [-0.4, -0.2) is 36.1 Å². The van der Waals surface area contributed by atoms with Crippen molar-refractivity contribution in [3.63, 3.8) is 0 Å². The highest BCUT2D eigenvalue weighted by molar-refractivity contribution is 5.57. The molecular formula is C15H18FN5. The monoisotopic (exact) mass is 287 g/mol. The molecule has 0 atom stereocenters. The first-order valence-corrected chi connectivity index (χ1v) is 6.97. The molecule has 3 rings (SSSR count). The molecule has 0 unspecified atom stereocenters. The van der Waals surface area contributed by atoms with Crippen LogP contribution in [-0.2, 0) is 0 Å². The summed E-state index contributed by atoms with van der Waals surface area (Å²) in [7, 11) is 0. The third-order valence-corrected chi connectivity index (χ3v) is 3.76. The van der Waals surface area contributed by atoms with Gasteiger partial charge in [0.2, 0.25) is 0 Å². The number of hydrogen-bond donors (Lipinski definition) is 1. The number of aryl methyl sites for hydroxylation is 1. The molecule has 1 fully saturated rings. The van der Waals surface area contributed by atoms with Crippen molar-refractivity contribution in [1.29, 1.82) is 0 Å². The summed E-state index contributed by atoms with van der Waals surface area (Å²) in [6.45, 7) is 4.73. The number of hydrogen-bond acceptors (Lipinski definition) is 5. The first-order chi connectivity index (χ1) is 10.1. The van der Waals surface area contributed by atoms with Crippen LogP contribution in [0.4, 0.5) is 21.6 Å². The fraction of sp³-hybridized carbons (Fsp3) is 0.333. The molecule has 21 heavy (non-hydrogen) atoms. The van der Waals surface area contributed by atoms with E-state index in [1.54, 1.807) is 6.92 Å². The second-order valence-corrected chi connectivity index (χ2v) is 5.17. The lowest BCUT2D eigenvalue weighted by atomic mass is 10.2. The summed E-state index contributed by atoms with van der Waals surface area (Å²) in [5.41, 5.74) is 8.07. The van der Waals surface area contributed by atoms with Crippen molar-refractivity contribution in [2.45, 2.75) is 6.92 Å². The van der Waals surface area contributed by atoms with Gasteiger partial charge >= 0.3 is 0 Å². The highest BCUT2D eigenvalue weighted by atomic mass is 19.1. The van der Waals surface area contributed by atoms with Crippen LogP contribution in [0.3, 0.4) is 0 Å². The van der Waals surface area contributed by atoms with Crippen molar-refractivity contribution in [2.75, 3.05) is 41.7 Å². The topological polar surface area (TPSA) is 58.3 Å². The van der Waals surface area contributed by atoms with E-state index < -0.39 is 0 Å². The number of nitrogen functional groups attached to an aromatic ring is 1. The van der Waals surface area contributed by atoms with Crippen LogP contribution in [0.5, 0.6) is 0 Å². The molecule has 1 aliphatic heterocycles. The van der Waals surface area contributed by atoms with Gasteiger partial charge in [-0.25, -0.2) is 14.4 Å². The van der Waals surface area contributed by atoms with Gasteiger partial charge < -0.3 is 15.5 Å². The Morgan fingerprint density at radius 1 is 1.10 bits per heavy atom. The van der Waals surface area contributed by atoms with E-state index in [2.05, 4.69) is 14.9 Å². The Morgan fingerprint density at radius 3 is 2.52 bits per heavy atom. The largest absolute Gasteiger partial charge is 0.399 e. The Morgan fingerprint density at radius 2 is 1.81 bits per heavy atom. The van der Waals surface area contributed by atoms with Crippen molar-refractivity contribution in [3.8, 4) is 0 Å². The number of rotatable bonds is 2. The first kappa shape index (κ1) is 13.6. The lowest BCUT2D eigenvalue weighted by molar-refractivity contribution is 0.574. The highest BCUT2D eigenvalue weighted by Gasteiger charge is 2.21. The Hall–Kier alpha value is -2.37. The van der Waals surface area contributed by atoms with E-state index in [0.29, 0.717) is 11.5 Å². The number of nitrogens with two attached hydrogens (primary N) is 1. The fourth-order valence-electron chi connectivity index (χ4n) is 2.56. The summed E-state index contributed by atoms with van der Waals surface area (Å²) in [5, 5.41) is 0. The summed E-state index contributed by atoms with van der Waals surface area (Å²) >= 11 is 0. The Kier molecular flexibility index (Phi) is 3.60. The van der Waals surface area contributed by atoms with Gasteiger partial charge in [-0.05, 0) is 25.1 Å². The van der Waals surface area contributed by atoms with Crippen LogP contribution in [0.15, 0.2) is 30.6 Å². The van der Waals surface area contributed by atoms with Gasteiger partial charge in [0.05, 0.1) is 5.69 Å². The van der Waals surface area contributed by atoms with Gasteiger partial charge in [0.1, 0.15) is 6.33 Å². The van der Waals surface area contributed by atoms with E-state index >= 15 is 0 Å². The predicted octanol–water partition coefficient (Wildman–Crippen LogP) is 1.83. The van der Waals surface area contributed by atoms with Crippen molar-refractivity contribution >= 4 is 17.2 Å². The Balaban J connectivity index is 1.72. The zero-order valence-electron chi connectivity index (χ0n) is 12.0. The zero-order chi connectivity index (χ0) is 14.8. The van der Waals surface area contributed by atoms with E-state index in [9.17, 15) is 4.39 Å². The summed E-state index contributed by atoms with van der Waals surface area (Å²) in [5.74, 6) is 0.0737. The van der Waals surface area contributed by atoms with Gasteiger partial charge in [-0.15, -0.1) is 0 Å². The minimum atomic E-state index is -0.324. The maximum Gasteiger partial charge on any atom is 0.186 e. The van der Waals surface area contributed by atoms with Gasteiger partial charge in [-0.2, -0.15) is 0 Å². The third-order valence-electron chi connectivity index (χ3n) is 3.76. The molecule has 2 N–H and O–H groups in total. The lowest BCUT2D eigenvalue weighted by Gasteiger charge is -2.36. The average molecular weight is 287 g/mol. The maximum atomic E-state index is 14.1. The van der Waals surface area contributed by atoms with Gasteiger partial charge in [-0.3, -0.25) is 0 Å². The van der Waals surface area contributed by atoms with Gasteiger partial charge in [-0.1, -0.05) is 6.07 Å². The van der Waals surface area contributed by atoms with Gasteiger partial charge in [0.15, 0.2) is 11.6 Å². The second kappa shape index (κ2) is 5.55. The molecular weight excluding hydrogens is 269 g/mol. The van der Waals surface area contributed by atoms with Crippen LogP contribution in [0.2, 0.25) is 0 Å². The van der Waals surface area contributed by atoms with Crippen LogP contribution < -0.4 is 15.5 Å². The molecule has 5 nitrogen and oxygen atoms in total. The van der Waals surface area contributed by atoms with Gasteiger partial charge in [0, 0.05) is 37.6 Å². The summed E-state index contributed by atoms with van der Waals surface area (Å²) in [6, 6.07) is 7.83. The van der Waals surface area contributed by atoms with Crippen LogP contribution in [0.1, 0.15) is 5.69 Å². The molecule has 6 heteroatoms. The molecule has 1 saturated heterocycles. The minimum Gasteiger partial charge on any atom is -0.399 e. The van der Waals surface area contributed by atoms with E-state index in [1.165, 1.54) is 6.33 Å². The predicted molar refractivity (Wildman–Crippen MR) is 82.0 cm³/mol. The summed E-state index contributed by atoms with van der Waals surface area (Å²) in [4.78, 5) is 12.2. The first-order valence-electron chi connectivity index (χ1n) is 6.97. The van der Waals surface area contributed by atoms with Crippen LogP contribution in [0, 0.1) is 12.7 Å². The quantitative estimate of drug-likeness (QED) is 0.854. The van der Waals surface area contributed by atoms with Crippen molar-refractivity contribution < 1.29 is 4.39 Å². The summed E-state index contributed by atoms with van der Waals surface area (Å²) in [6.07, 6.45) is 1.41. The zero-order valence-corrected chi connectivity index (χ0v) is 12.0. The molecule has 0 saturated carbocycles. The molecule has 1 aromatic heterocycles. The van der Waals surface area contributed by atoms with Crippen LogP contribution in [0.25, 0.3) is 0 Å². The molecule has 2 aromatic rings. The number of benzene rings is 1. The molecule has 1 aliphatic rings. The molecule has 0 spiro atoms. The smallest absolute Gasteiger partial charge is 0.186 e. The SMILES string of the molecule is Cc1ncnc(N2CCN(c3cccc(N)c3)CC2)c1F. The number of anilines is 3. The average Bonchev–Trinajstić information content (AvgIpc) is 2.50. The van der Waals surface area contributed by atoms with E-state index in [1.807, 2.05) is 29.2 Å². The normalized spacial score (nSPS) is 15.3. The van der Waals surface area contributed by atoms with E-state index in [4.69, 9.17) is 5.73 Å². The molecule has 0 aliphatic carbocycles. The molecule has 2 heterocycles. The second-order valence-electron chi connectivity index (χ2n) is 5.17. The minimum absolute atomic E-state index is 0.324. The molecule has 0 amide bonds. The molecule has 0 bridgehead atoms. The van der Waals surface area contributed by atoms with Crippen molar-refractivity contribution in [2.24, 2.45) is 0 Å². The number of nitrogens with zero attached hydrogens (tertiary/aromatic N) is 4. The summed E-state index contributed by atoms with van der Waals surface area (Å²) < 4.78 is 14.1. The maximum absolute atomic E-state index is 14.1.